The second kappa shape index (κ2) is 45.8. The lowest BCUT2D eigenvalue weighted by molar-refractivity contribution is -0.0383. The van der Waals surface area contributed by atoms with E-state index in [1.807, 2.05) is 173 Å². The highest BCUT2D eigenvalue weighted by Crippen LogP contribution is 2.41. The molecule has 17 aromatic heterocycles. The average molecular weight is 2180 g/mol. The van der Waals surface area contributed by atoms with Crippen LogP contribution in [-0.2, 0) is 82.3 Å². The van der Waals surface area contributed by atoms with Crippen molar-refractivity contribution in [2.24, 2.45) is 35.2 Å². The number of aromatic nitrogens is 29. The Morgan fingerprint density at radius 1 is 0.354 bits per heavy atom. The van der Waals surface area contributed by atoms with Gasteiger partial charge in [-0.1, -0.05) is 34.8 Å². The predicted molar refractivity (Wildman–Crippen MR) is 568 cm³/mol. The van der Waals surface area contributed by atoms with Crippen molar-refractivity contribution >= 4 is 129 Å². The summed E-state index contributed by atoms with van der Waals surface area (Å²) in [7, 11) is 8.88. The van der Waals surface area contributed by atoms with Crippen LogP contribution in [0.2, 0.25) is 15.5 Å². The number of nitrogens with zero attached hydrogens (tertiary/aromatic N) is 32. The van der Waals surface area contributed by atoms with Crippen LogP contribution in [-0.4, -0.2) is 295 Å². The molecule has 8 aliphatic heterocycles. The Kier molecular flexibility index (Phi) is 32.7. The SMILES string of the molecule is CC1(C)OB(c2ccnn2C2CCCCO2)OC1(C)C.C[C@@H]1COCCN1.C[C@@H]1COCCN1c1cc(-c2ccnn2C)n2ncc(-c3ccnn3C3CCCCO3)c2n1.C[C@@H]1COCCN1c1cc(-c2ccnn2C)n2ncc(I)c2n1.C[C@@H]1COCCN1c1cc(-c2ccnn2C)n2nccc2n1.Clc1cc(Cl)n2nccc2n1.Cn1nccc1-c1cc(Cl)nc2ccnn12.Cn1nccc1B1OC(C)(C)C(C)(C)O1. The van der Waals surface area contributed by atoms with Crippen LogP contribution in [0.4, 0.5) is 17.5 Å². The highest BCUT2D eigenvalue weighted by molar-refractivity contribution is 14.1. The molecule has 8 saturated heterocycles. The minimum Gasteiger partial charge on any atom is -0.398 e. The van der Waals surface area contributed by atoms with E-state index in [1.165, 1.54) is 10.9 Å². The van der Waals surface area contributed by atoms with Crippen LogP contribution in [0, 0.1) is 3.57 Å². The Hall–Kier alpha value is -11.7. The standard InChI is InChI=1S/C23H28N8O2.C15H17IN6O.C15H18N6O.C14H23BN2O3.C10H17BN2O2.C10H8ClN5.C6H3Cl2N3.C5H11NO/c1-16-15-32-12-10-29(16)21-13-20(19-7-8-24-28(19)2)31-23(27-21)17(14-26-31)18-6-9-25-30(18)22-5-3-4-11-33-22;1-10-9-23-6-5-21(10)14-7-13(12-3-4-17-20(12)2)22-15(19-14)11(16)8-18-22;1-11-10-22-8-7-20(11)15-9-13(12-3-5-16-19(12)2)21-14(18-15)4-6-17-21;1-13(2)14(3,4)20-15(19-13)11-8-9-16-17(11)12-7-5-6-10-18-12;1-9(2)10(3,4)15-11(14-9)8-6-7-12-13(8)5;1-15-7(2-4-12-15)8-6-9(11)14-10-3-5-13-16(8)10;7-4-3-5(8)11-6(10-4)1-2-9-11;1-5-4-7-3-2-6-5/h6-9,13-14,16,22H,3-5,10-12,15H2,1-2H3;3-4,7-8,10H,5-6,9H2,1-2H3;3-6,9,11H,7-8,10H2,1-2H3;8-9,12H,5-7,10H2,1-4H3;6-7H,1-5H3;2-6H,1H3;1-3H;5-6H,2-4H2,1H3/t16-,22?;10-;11-;;;;;5-/m111....1/s1. The topological polar surface area (TPSA) is 390 Å². The second-order valence-electron chi connectivity index (χ2n) is 38.9. The molecule has 0 bridgehead atoms. The number of rotatable bonds is 12. The molecular weight excluding hydrogens is 2050 g/mol. The molecule has 0 saturated carbocycles. The molecule has 2 unspecified atom stereocenters. The molecule has 6 atom stereocenters. The summed E-state index contributed by atoms with van der Waals surface area (Å²) in [6.45, 7) is 36.2. The number of morpholine rings is 4. The third-order valence-corrected chi connectivity index (χ3v) is 29.0. The molecular formula is C98H125B2Cl3IN33O10. The predicted octanol–water partition coefficient (Wildman–Crippen LogP) is 12.6. The molecule has 8 aliphatic rings. The van der Waals surface area contributed by atoms with Gasteiger partial charge in [-0.15, -0.1) is 0 Å². The monoisotopic (exact) mass is 2180 g/mol. The number of anilines is 3. The molecule has 0 aromatic carbocycles. The molecule has 49 heteroatoms. The minimum absolute atomic E-state index is 0.00720. The van der Waals surface area contributed by atoms with Crippen molar-refractivity contribution < 1.29 is 47.0 Å². The fourth-order valence-corrected chi connectivity index (χ4v) is 19.3. The van der Waals surface area contributed by atoms with Gasteiger partial charge in [-0.05, 0) is 187 Å². The van der Waals surface area contributed by atoms with Gasteiger partial charge in [-0.2, -0.15) is 61.2 Å². The van der Waals surface area contributed by atoms with Crippen molar-refractivity contribution in [3.05, 3.63) is 184 Å². The van der Waals surface area contributed by atoms with Crippen molar-refractivity contribution in [2.75, 3.05) is 107 Å². The normalized spacial score (nSPS) is 20.5. The zero-order valence-corrected chi connectivity index (χ0v) is 90.2. The van der Waals surface area contributed by atoms with Crippen LogP contribution in [0.25, 0.3) is 85.0 Å². The van der Waals surface area contributed by atoms with Crippen molar-refractivity contribution in [3.63, 3.8) is 0 Å². The number of hydrogen-bond acceptors (Lipinski definition) is 31. The van der Waals surface area contributed by atoms with Crippen LogP contribution in [0.3, 0.4) is 0 Å². The third-order valence-electron chi connectivity index (χ3n) is 27.6. The molecule has 25 heterocycles. The summed E-state index contributed by atoms with van der Waals surface area (Å²) < 4.78 is 80.7. The first-order valence-electron chi connectivity index (χ1n) is 49.5. The van der Waals surface area contributed by atoms with E-state index in [-0.39, 0.29) is 55.1 Å². The van der Waals surface area contributed by atoms with Crippen molar-refractivity contribution in [1.29, 1.82) is 0 Å². The van der Waals surface area contributed by atoms with Gasteiger partial charge < -0.3 is 67.1 Å². The minimum atomic E-state index is -0.381. The van der Waals surface area contributed by atoms with Gasteiger partial charge in [0.05, 0.1) is 196 Å². The summed E-state index contributed by atoms with van der Waals surface area (Å²) in [4.78, 5) is 29.7. The van der Waals surface area contributed by atoms with E-state index in [2.05, 4.69) is 182 Å². The Morgan fingerprint density at radius 3 is 1.18 bits per heavy atom. The van der Waals surface area contributed by atoms with E-state index in [0.717, 1.165) is 223 Å². The van der Waals surface area contributed by atoms with Gasteiger partial charge in [-0.25, -0.2) is 56.9 Å². The average Bonchev–Trinajstić information content (AvgIpc) is 1.62. The van der Waals surface area contributed by atoms with E-state index in [1.54, 1.807) is 87.8 Å². The summed E-state index contributed by atoms with van der Waals surface area (Å²) in [5.41, 5.74) is 14.2. The third kappa shape index (κ3) is 23.3. The van der Waals surface area contributed by atoms with Gasteiger partial charge >= 0.3 is 14.2 Å². The second-order valence-corrected chi connectivity index (χ2v) is 41.2. The number of aryl methyl sites for hydroxylation is 5. The molecule has 0 radical (unpaired) electrons. The molecule has 147 heavy (non-hydrogen) atoms. The van der Waals surface area contributed by atoms with Crippen LogP contribution in [0.5, 0.6) is 0 Å². The van der Waals surface area contributed by atoms with Crippen LogP contribution in [0.15, 0.2) is 165 Å². The van der Waals surface area contributed by atoms with Crippen molar-refractivity contribution in [2.45, 2.75) is 181 Å². The Bertz CT molecular complexity index is 7250. The van der Waals surface area contributed by atoms with Crippen LogP contribution >= 0.6 is 57.4 Å². The van der Waals surface area contributed by atoms with Gasteiger partial charge in [-0.3, -0.25) is 23.4 Å². The Balaban J connectivity index is 0.000000113. The molecule has 776 valence electrons. The summed E-state index contributed by atoms with van der Waals surface area (Å²) in [6.07, 6.45) is 27.7. The number of nitrogens with one attached hydrogen (secondary N) is 1. The fourth-order valence-electron chi connectivity index (χ4n) is 18.1. The van der Waals surface area contributed by atoms with E-state index in [9.17, 15) is 0 Å². The van der Waals surface area contributed by atoms with Gasteiger partial charge in [0.25, 0.3) is 0 Å². The summed E-state index contributed by atoms with van der Waals surface area (Å²) in [6, 6.07) is 30.3. The first-order valence-corrected chi connectivity index (χ1v) is 51.7. The maximum absolute atomic E-state index is 6.10. The van der Waals surface area contributed by atoms with E-state index in [4.69, 9.17) is 102 Å². The maximum Gasteiger partial charge on any atom is 0.514 e. The van der Waals surface area contributed by atoms with Gasteiger partial charge in [0.15, 0.2) is 34.5 Å². The number of hydrogen-bond donors (Lipinski definition) is 1. The molecule has 0 amide bonds. The number of ether oxygens (including phenoxy) is 6. The maximum atomic E-state index is 6.10. The van der Waals surface area contributed by atoms with E-state index >= 15 is 0 Å². The molecule has 1 N–H and O–H groups in total. The van der Waals surface area contributed by atoms with Gasteiger partial charge in [0.2, 0.25) is 0 Å². The Morgan fingerprint density at radius 2 is 0.735 bits per heavy atom. The quantitative estimate of drug-likeness (QED) is 0.0674. The highest BCUT2D eigenvalue weighted by atomic mass is 127. The lowest BCUT2D eigenvalue weighted by Crippen LogP contribution is -2.44. The fraction of sp³-hybridized carbons (Fsp3) is 0.480. The number of halogens is 4. The lowest BCUT2D eigenvalue weighted by Gasteiger charge is -2.34. The van der Waals surface area contributed by atoms with Crippen molar-refractivity contribution in [1.82, 2.24) is 147 Å². The molecule has 0 spiro atoms. The van der Waals surface area contributed by atoms with Gasteiger partial charge in [0, 0.05) is 173 Å². The first-order chi connectivity index (χ1) is 70.7. The first kappa shape index (κ1) is 105. The van der Waals surface area contributed by atoms with E-state index < -0.39 is 0 Å². The molecule has 25 rings (SSSR count). The summed E-state index contributed by atoms with van der Waals surface area (Å²) in [5, 5.41) is 56.5. The molecule has 17 aromatic rings. The molecule has 43 nitrogen and oxygen atoms in total. The van der Waals surface area contributed by atoms with E-state index in [0.29, 0.717) is 52.4 Å². The Labute approximate surface area is 880 Å². The van der Waals surface area contributed by atoms with Crippen molar-refractivity contribution in [3.8, 4) is 56.8 Å². The molecule has 0 aliphatic carbocycles. The highest BCUT2D eigenvalue weighted by Gasteiger charge is 2.54. The summed E-state index contributed by atoms with van der Waals surface area (Å²) >= 11 is 19.7. The van der Waals surface area contributed by atoms with Gasteiger partial charge in [0.1, 0.15) is 39.1 Å². The zero-order chi connectivity index (χ0) is 103. The smallest absolute Gasteiger partial charge is 0.398 e. The molecule has 8 fully saturated rings. The zero-order valence-electron chi connectivity index (χ0n) is 85.8. The summed E-state index contributed by atoms with van der Waals surface area (Å²) in [5.74, 6) is 2.83. The largest absolute Gasteiger partial charge is 0.514 e. The van der Waals surface area contributed by atoms with Crippen LogP contribution in [0.1, 0.15) is 134 Å². The lowest BCUT2D eigenvalue weighted by atomic mass is 9.84. The van der Waals surface area contributed by atoms with Crippen LogP contribution < -0.4 is 31.2 Å². The number of fused-ring (bicyclic) bond motifs is 5.